The Morgan fingerprint density at radius 2 is 2.00 bits per heavy atom. The highest BCUT2D eigenvalue weighted by Crippen LogP contribution is 2.29. The summed E-state index contributed by atoms with van der Waals surface area (Å²) in [6, 6.07) is 12.0. The van der Waals surface area contributed by atoms with E-state index in [0.29, 0.717) is 12.4 Å². The SMILES string of the molecule is COCc1nc(C2CCCN(c3ccccn3)C2)n(-c2cccc(C)n2)n1. The summed E-state index contributed by atoms with van der Waals surface area (Å²) in [5.74, 6) is 3.71. The maximum Gasteiger partial charge on any atom is 0.177 e. The lowest BCUT2D eigenvalue weighted by molar-refractivity contribution is 0.177. The van der Waals surface area contributed by atoms with Crippen molar-refractivity contribution in [3.05, 3.63) is 59.9 Å². The van der Waals surface area contributed by atoms with E-state index in [1.54, 1.807) is 7.11 Å². The Balaban J connectivity index is 1.67. The van der Waals surface area contributed by atoms with Gasteiger partial charge in [0, 0.05) is 38.0 Å². The standard InChI is InChI=1S/C20H24N6O/c1-15-7-5-10-19(22-15)26-20(23-17(24-26)14-27-2)16-8-6-12-25(13-16)18-9-3-4-11-21-18/h3-5,7,9-11,16H,6,8,12-14H2,1-2H3. The monoisotopic (exact) mass is 364 g/mol. The van der Waals surface area contributed by atoms with Crippen molar-refractivity contribution in [2.24, 2.45) is 0 Å². The number of methoxy groups -OCH3 is 1. The highest BCUT2D eigenvalue weighted by Gasteiger charge is 2.28. The number of piperidine rings is 1. The first-order valence-corrected chi connectivity index (χ1v) is 9.29. The molecule has 1 fully saturated rings. The summed E-state index contributed by atoms with van der Waals surface area (Å²) >= 11 is 0. The summed E-state index contributed by atoms with van der Waals surface area (Å²) in [4.78, 5) is 16.3. The van der Waals surface area contributed by atoms with Gasteiger partial charge in [0.15, 0.2) is 11.6 Å². The summed E-state index contributed by atoms with van der Waals surface area (Å²) in [7, 11) is 1.66. The van der Waals surface area contributed by atoms with E-state index in [9.17, 15) is 0 Å². The van der Waals surface area contributed by atoms with Crippen LogP contribution in [0.3, 0.4) is 0 Å². The van der Waals surface area contributed by atoms with Gasteiger partial charge in [-0.1, -0.05) is 12.1 Å². The van der Waals surface area contributed by atoms with Crippen molar-refractivity contribution in [1.29, 1.82) is 0 Å². The molecule has 3 aromatic heterocycles. The minimum Gasteiger partial charge on any atom is -0.377 e. The molecule has 0 amide bonds. The number of rotatable bonds is 5. The van der Waals surface area contributed by atoms with Gasteiger partial charge >= 0.3 is 0 Å². The molecule has 140 valence electrons. The zero-order chi connectivity index (χ0) is 18.6. The molecule has 0 saturated carbocycles. The van der Waals surface area contributed by atoms with Crippen LogP contribution < -0.4 is 4.90 Å². The molecule has 0 spiro atoms. The number of ether oxygens (including phenoxy) is 1. The average molecular weight is 364 g/mol. The number of pyridine rings is 2. The van der Waals surface area contributed by atoms with Gasteiger partial charge in [-0.2, -0.15) is 4.68 Å². The molecule has 0 radical (unpaired) electrons. The summed E-state index contributed by atoms with van der Waals surface area (Å²) in [5, 5.41) is 4.67. The van der Waals surface area contributed by atoms with E-state index in [-0.39, 0.29) is 5.92 Å². The van der Waals surface area contributed by atoms with Crippen LogP contribution in [-0.4, -0.2) is 44.9 Å². The number of anilines is 1. The second kappa shape index (κ2) is 7.84. The van der Waals surface area contributed by atoms with Crippen molar-refractivity contribution < 1.29 is 4.74 Å². The molecule has 7 heteroatoms. The molecular weight excluding hydrogens is 340 g/mol. The van der Waals surface area contributed by atoms with Gasteiger partial charge in [0.1, 0.15) is 18.2 Å². The van der Waals surface area contributed by atoms with Gasteiger partial charge in [0.2, 0.25) is 0 Å². The Morgan fingerprint density at radius 1 is 1.11 bits per heavy atom. The van der Waals surface area contributed by atoms with E-state index in [1.165, 1.54) is 0 Å². The van der Waals surface area contributed by atoms with Crippen molar-refractivity contribution in [1.82, 2.24) is 24.7 Å². The third kappa shape index (κ3) is 3.83. The molecular formula is C20H24N6O. The summed E-state index contributed by atoms with van der Waals surface area (Å²) < 4.78 is 7.14. The van der Waals surface area contributed by atoms with Gasteiger partial charge in [-0.15, -0.1) is 5.10 Å². The molecule has 0 aromatic carbocycles. The lowest BCUT2D eigenvalue weighted by Gasteiger charge is -2.33. The molecule has 7 nitrogen and oxygen atoms in total. The largest absolute Gasteiger partial charge is 0.377 e. The first-order valence-electron chi connectivity index (χ1n) is 9.29. The Kier molecular flexibility index (Phi) is 5.11. The zero-order valence-electron chi connectivity index (χ0n) is 15.7. The molecule has 4 rings (SSSR count). The van der Waals surface area contributed by atoms with E-state index < -0.39 is 0 Å². The van der Waals surface area contributed by atoms with Crippen molar-refractivity contribution in [3.8, 4) is 5.82 Å². The van der Waals surface area contributed by atoms with E-state index in [4.69, 9.17) is 9.72 Å². The lowest BCUT2D eigenvalue weighted by atomic mass is 9.97. The third-order valence-electron chi connectivity index (χ3n) is 4.80. The summed E-state index contributed by atoms with van der Waals surface area (Å²) in [6.45, 7) is 4.26. The molecule has 3 aromatic rings. The molecule has 0 N–H and O–H groups in total. The molecule has 27 heavy (non-hydrogen) atoms. The van der Waals surface area contributed by atoms with Crippen LogP contribution in [0, 0.1) is 6.92 Å². The van der Waals surface area contributed by atoms with Crippen LogP contribution in [0.25, 0.3) is 5.82 Å². The predicted molar refractivity (Wildman–Crippen MR) is 103 cm³/mol. The first kappa shape index (κ1) is 17.6. The van der Waals surface area contributed by atoms with Gasteiger partial charge in [0.05, 0.1) is 0 Å². The zero-order valence-corrected chi connectivity index (χ0v) is 15.7. The molecule has 1 atom stereocenters. The van der Waals surface area contributed by atoms with Crippen molar-refractivity contribution in [2.75, 3.05) is 25.1 Å². The minimum atomic E-state index is 0.265. The number of nitrogens with zero attached hydrogens (tertiary/aromatic N) is 6. The van der Waals surface area contributed by atoms with Crippen molar-refractivity contribution >= 4 is 5.82 Å². The predicted octanol–water partition coefficient (Wildman–Crippen LogP) is 2.90. The maximum atomic E-state index is 5.25. The van der Waals surface area contributed by atoms with Crippen molar-refractivity contribution in [3.63, 3.8) is 0 Å². The molecule has 4 heterocycles. The van der Waals surface area contributed by atoms with Crippen LogP contribution in [0.2, 0.25) is 0 Å². The van der Waals surface area contributed by atoms with E-state index >= 15 is 0 Å². The Hall–Kier alpha value is -2.80. The average Bonchev–Trinajstić information content (AvgIpc) is 3.13. The van der Waals surface area contributed by atoms with Gasteiger partial charge in [-0.3, -0.25) is 0 Å². The van der Waals surface area contributed by atoms with Crippen LogP contribution >= 0.6 is 0 Å². The number of hydrogen-bond acceptors (Lipinski definition) is 6. The molecule has 1 aliphatic rings. The lowest BCUT2D eigenvalue weighted by Crippen LogP contribution is -2.35. The number of aromatic nitrogens is 5. The van der Waals surface area contributed by atoms with Gasteiger partial charge < -0.3 is 9.64 Å². The Labute approximate surface area is 159 Å². The molecule has 0 bridgehead atoms. The fourth-order valence-electron chi connectivity index (χ4n) is 3.58. The van der Waals surface area contributed by atoms with E-state index in [0.717, 1.165) is 49.1 Å². The Morgan fingerprint density at radius 3 is 2.78 bits per heavy atom. The quantitative estimate of drug-likeness (QED) is 0.693. The number of aryl methyl sites for hydroxylation is 1. The topological polar surface area (TPSA) is 69.0 Å². The van der Waals surface area contributed by atoms with E-state index in [1.807, 2.05) is 48.1 Å². The van der Waals surface area contributed by atoms with Gasteiger partial charge in [0.25, 0.3) is 0 Å². The molecule has 1 unspecified atom stereocenters. The van der Waals surface area contributed by atoms with Crippen LogP contribution in [-0.2, 0) is 11.3 Å². The van der Waals surface area contributed by atoms with Crippen LogP contribution in [0.15, 0.2) is 42.6 Å². The van der Waals surface area contributed by atoms with Crippen molar-refractivity contribution in [2.45, 2.75) is 32.3 Å². The second-order valence-corrected chi connectivity index (χ2v) is 6.84. The maximum absolute atomic E-state index is 5.25. The highest BCUT2D eigenvalue weighted by molar-refractivity contribution is 5.39. The summed E-state index contributed by atoms with van der Waals surface area (Å²) in [5.41, 5.74) is 0.959. The van der Waals surface area contributed by atoms with Crippen LogP contribution in [0.5, 0.6) is 0 Å². The van der Waals surface area contributed by atoms with E-state index in [2.05, 4.69) is 26.0 Å². The highest BCUT2D eigenvalue weighted by atomic mass is 16.5. The summed E-state index contributed by atoms with van der Waals surface area (Å²) in [6.07, 6.45) is 4.00. The molecule has 0 aliphatic carbocycles. The normalized spacial score (nSPS) is 17.3. The fraction of sp³-hybridized carbons (Fsp3) is 0.400. The van der Waals surface area contributed by atoms with Crippen LogP contribution in [0.4, 0.5) is 5.82 Å². The minimum absolute atomic E-state index is 0.265. The Bertz CT molecular complexity index is 894. The van der Waals surface area contributed by atoms with Crippen LogP contribution in [0.1, 0.15) is 36.1 Å². The molecule has 1 saturated heterocycles. The smallest absolute Gasteiger partial charge is 0.177 e. The number of hydrogen-bond donors (Lipinski definition) is 0. The fourth-order valence-corrected chi connectivity index (χ4v) is 3.58. The third-order valence-corrected chi connectivity index (χ3v) is 4.80. The second-order valence-electron chi connectivity index (χ2n) is 6.84. The first-order chi connectivity index (χ1) is 13.2. The molecule has 1 aliphatic heterocycles. The van der Waals surface area contributed by atoms with Gasteiger partial charge in [-0.25, -0.2) is 15.0 Å². The van der Waals surface area contributed by atoms with Gasteiger partial charge in [-0.05, 0) is 44.0 Å².